The Morgan fingerprint density at radius 3 is 2.26 bits per heavy atom. The third-order valence-electron chi connectivity index (χ3n) is 3.03. The number of phenolic OH excluding ortho intramolecular Hbond substituents is 1. The van der Waals surface area contributed by atoms with Gasteiger partial charge in [-0.05, 0) is 38.1 Å². The van der Waals surface area contributed by atoms with Gasteiger partial charge in [-0.25, -0.2) is 0 Å². The molecule has 6 nitrogen and oxygen atoms in total. The van der Waals surface area contributed by atoms with Gasteiger partial charge < -0.3 is 20.4 Å². The molecule has 6 heteroatoms. The molecule has 0 aromatic heterocycles. The predicted octanol–water partition coefficient (Wildman–Crippen LogP) is 0.808. The van der Waals surface area contributed by atoms with Gasteiger partial charge in [0.1, 0.15) is 17.8 Å². The van der Waals surface area contributed by atoms with Crippen molar-refractivity contribution < 1.29 is 19.8 Å². The van der Waals surface area contributed by atoms with Crippen molar-refractivity contribution in [3.8, 4) is 5.75 Å². The third-order valence-corrected chi connectivity index (χ3v) is 3.03. The Labute approximate surface area is 111 Å². The Hall–Kier alpha value is -2.24. The maximum absolute atomic E-state index is 12.0. The lowest BCUT2D eigenvalue weighted by Crippen LogP contribution is -2.54. The van der Waals surface area contributed by atoms with Crippen LogP contribution in [0, 0.1) is 0 Å². The molecule has 0 saturated carbocycles. The van der Waals surface area contributed by atoms with Crippen molar-refractivity contribution in [3.05, 3.63) is 24.3 Å². The molecule has 0 spiro atoms. The van der Waals surface area contributed by atoms with Gasteiger partial charge in [0.25, 0.3) is 0 Å². The van der Waals surface area contributed by atoms with Crippen LogP contribution in [0.4, 0.5) is 5.69 Å². The Bertz CT molecular complexity index is 468. The van der Waals surface area contributed by atoms with Gasteiger partial charge in [0.2, 0.25) is 5.91 Å². The summed E-state index contributed by atoms with van der Waals surface area (Å²) in [6, 6.07) is 6.41. The Morgan fingerprint density at radius 2 is 1.79 bits per heavy atom. The number of likely N-dealkylation sites (N-methyl/N-ethyl adjacent to an activating group) is 1. The zero-order chi connectivity index (χ0) is 14.6. The lowest BCUT2D eigenvalue weighted by Gasteiger charge is -2.35. The highest BCUT2D eigenvalue weighted by atomic mass is 16.4. The van der Waals surface area contributed by atoms with Crippen LogP contribution >= 0.6 is 0 Å². The minimum Gasteiger partial charge on any atom is -0.508 e. The van der Waals surface area contributed by atoms with Gasteiger partial charge in [0, 0.05) is 12.7 Å². The number of carboxylic acid groups (broad SMARTS) is 1. The summed E-state index contributed by atoms with van der Waals surface area (Å²) in [5.41, 5.74) is -0.167. The number of amides is 1. The van der Waals surface area contributed by atoms with E-state index in [1.165, 1.54) is 12.1 Å². The Kier molecular flexibility index (Phi) is 4.37. The number of aromatic hydroxyl groups is 1. The molecule has 104 valence electrons. The average Bonchev–Trinajstić information content (AvgIpc) is 2.35. The second-order valence-electron chi connectivity index (χ2n) is 4.71. The topological polar surface area (TPSA) is 89.9 Å². The standard InChI is InChI=1S/C13H18N2O4/c1-13(2,12(19)14-8-11(17)18)15(3)9-4-6-10(16)7-5-9/h4-7,16H,8H2,1-3H3,(H,14,19)(H,17,18). The second-order valence-corrected chi connectivity index (χ2v) is 4.71. The second kappa shape index (κ2) is 5.60. The first kappa shape index (κ1) is 14.8. The van der Waals surface area contributed by atoms with Crippen molar-refractivity contribution in [2.75, 3.05) is 18.5 Å². The lowest BCUT2D eigenvalue weighted by molar-refractivity contribution is -0.138. The molecule has 19 heavy (non-hydrogen) atoms. The molecule has 1 aromatic rings. The maximum atomic E-state index is 12.0. The summed E-state index contributed by atoms with van der Waals surface area (Å²) in [5.74, 6) is -1.33. The van der Waals surface area contributed by atoms with Crippen molar-refractivity contribution >= 4 is 17.6 Å². The van der Waals surface area contributed by atoms with E-state index in [1.54, 1.807) is 37.9 Å². The minimum atomic E-state index is -1.09. The molecule has 0 saturated heterocycles. The highest BCUT2D eigenvalue weighted by molar-refractivity contribution is 5.91. The summed E-state index contributed by atoms with van der Waals surface area (Å²) >= 11 is 0. The summed E-state index contributed by atoms with van der Waals surface area (Å²) < 4.78 is 0. The number of hydrogen-bond acceptors (Lipinski definition) is 4. The van der Waals surface area contributed by atoms with Crippen LogP contribution in [-0.2, 0) is 9.59 Å². The molecule has 0 aliphatic rings. The van der Waals surface area contributed by atoms with Gasteiger partial charge >= 0.3 is 5.97 Å². The van der Waals surface area contributed by atoms with E-state index in [2.05, 4.69) is 5.32 Å². The summed E-state index contributed by atoms with van der Waals surface area (Å²) in [6.45, 7) is 2.97. The predicted molar refractivity (Wildman–Crippen MR) is 71.2 cm³/mol. The van der Waals surface area contributed by atoms with Gasteiger partial charge in [0.15, 0.2) is 0 Å². The highest BCUT2D eigenvalue weighted by Crippen LogP contribution is 2.24. The Morgan fingerprint density at radius 1 is 1.26 bits per heavy atom. The van der Waals surface area contributed by atoms with Crippen molar-refractivity contribution in [1.82, 2.24) is 5.32 Å². The van der Waals surface area contributed by atoms with E-state index in [1.807, 2.05) is 0 Å². The number of nitrogens with one attached hydrogen (secondary N) is 1. The first-order valence-corrected chi connectivity index (χ1v) is 5.78. The van der Waals surface area contributed by atoms with Crippen LogP contribution in [0.2, 0.25) is 0 Å². The van der Waals surface area contributed by atoms with E-state index in [9.17, 15) is 14.7 Å². The van der Waals surface area contributed by atoms with Crippen molar-refractivity contribution in [3.63, 3.8) is 0 Å². The molecular formula is C13H18N2O4. The monoisotopic (exact) mass is 266 g/mol. The van der Waals surface area contributed by atoms with E-state index in [-0.39, 0.29) is 11.7 Å². The quantitative estimate of drug-likeness (QED) is 0.733. The van der Waals surface area contributed by atoms with Crippen molar-refractivity contribution in [1.29, 1.82) is 0 Å². The largest absolute Gasteiger partial charge is 0.508 e. The van der Waals surface area contributed by atoms with E-state index in [0.29, 0.717) is 0 Å². The Balaban J connectivity index is 2.83. The van der Waals surface area contributed by atoms with E-state index in [4.69, 9.17) is 5.11 Å². The summed E-state index contributed by atoms with van der Waals surface area (Å²) in [5, 5.41) is 20.1. The van der Waals surface area contributed by atoms with Crippen LogP contribution in [0.25, 0.3) is 0 Å². The van der Waals surface area contributed by atoms with Gasteiger partial charge in [0.05, 0.1) is 0 Å². The fourth-order valence-electron chi connectivity index (χ4n) is 1.52. The van der Waals surface area contributed by atoms with Crippen LogP contribution < -0.4 is 10.2 Å². The van der Waals surface area contributed by atoms with Crippen molar-refractivity contribution in [2.45, 2.75) is 19.4 Å². The molecule has 3 N–H and O–H groups in total. The number of phenols is 1. The molecular weight excluding hydrogens is 248 g/mol. The molecule has 1 aromatic carbocycles. The molecule has 0 atom stereocenters. The maximum Gasteiger partial charge on any atom is 0.322 e. The van der Waals surface area contributed by atoms with Crippen LogP contribution in [0.3, 0.4) is 0 Å². The first-order chi connectivity index (χ1) is 8.75. The number of carboxylic acids is 1. The number of hydrogen-bond donors (Lipinski definition) is 3. The third kappa shape index (κ3) is 3.61. The molecule has 0 aliphatic carbocycles. The molecule has 0 fully saturated rings. The summed E-state index contributed by atoms with van der Waals surface area (Å²) in [7, 11) is 1.73. The number of carbonyl (C=O) groups excluding carboxylic acids is 1. The number of carbonyl (C=O) groups is 2. The summed E-state index contributed by atoms with van der Waals surface area (Å²) in [6.07, 6.45) is 0. The number of aliphatic carboxylic acids is 1. The SMILES string of the molecule is CN(c1ccc(O)cc1)C(C)(C)C(=O)NCC(=O)O. The number of rotatable bonds is 5. The molecule has 0 heterocycles. The first-order valence-electron chi connectivity index (χ1n) is 5.78. The zero-order valence-electron chi connectivity index (χ0n) is 11.2. The van der Waals surface area contributed by atoms with Crippen LogP contribution in [0.15, 0.2) is 24.3 Å². The minimum absolute atomic E-state index is 0.144. The van der Waals surface area contributed by atoms with Gasteiger partial charge in [-0.1, -0.05) is 0 Å². The molecule has 0 bridgehead atoms. The van der Waals surface area contributed by atoms with Crippen LogP contribution in [-0.4, -0.2) is 41.2 Å². The van der Waals surface area contributed by atoms with Gasteiger partial charge in [-0.3, -0.25) is 9.59 Å². The normalized spacial score (nSPS) is 10.9. The summed E-state index contributed by atoms with van der Waals surface area (Å²) in [4.78, 5) is 24.1. The van der Waals surface area contributed by atoms with E-state index < -0.39 is 18.1 Å². The van der Waals surface area contributed by atoms with E-state index >= 15 is 0 Å². The highest BCUT2D eigenvalue weighted by Gasteiger charge is 2.32. The van der Waals surface area contributed by atoms with Gasteiger partial charge in [-0.2, -0.15) is 0 Å². The van der Waals surface area contributed by atoms with Crippen LogP contribution in [0.5, 0.6) is 5.75 Å². The fourth-order valence-corrected chi connectivity index (χ4v) is 1.52. The molecule has 1 rings (SSSR count). The lowest BCUT2D eigenvalue weighted by atomic mass is 10.0. The fraction of sp³-hybridized carbons (Fsp3) is 0.385. The van der Waals surface area contributed by atoms with Crippen molar-refractivity contribution in [2.24, 2.45) is 0 Å². The average molecular weight is 266 g/mol. The molecule has 0 unspecified atom stereocenters. The molecule has 0 radical (unpaired) electrons. The zero-order valence-corrected chi connectivity index (χ0v) is 11.2. The van der Waals surface area contributed by atoms with E-state index in [0.717, 1.165) is 5.69 Å². The number of nitrogens with zero attached hydrogens (tertiary/aromatic N) is 1. The smallest absolute Gasteiger partial charge is 0.322 e. The molecule has 1 amide bonds. The number of anilines is 1. The van der Waals surface area contributed by atoms with Gasteiger partial charge in [-0.15, -0.1) is 0 Å². The molecule has 0 aliphatic heterocycles. The van der Waals surface area contributed by atoms with Crippen LogP contribution in [0.1, 0.15) is 13.8 Å². The number of benzene rings is 1.